The summed E-state index contributed by atoms with van der Waals surface area (Å²) < 4.78 is 46.5. The molecule has 4 aromatic rings. The lowest BCUT2D eigenvalue weighted by Gasteiger charge is -2.28. The summed E-state index contributed by atoms with van der Waals surface area (Å²) in [7, 11) is -3.93. The second kappa shape index (κ2) is 13.9. The molecule has 4 rings (SSSR count). The molecule has 218 valence electrons. The van der Waals surface area contributed by atoms with Crippen molar-refractivity contribution < 1.29 is 27.1 Å². The smallest absolute Gasteiger partial charge is 0.261 e. The molecular formula is C30H28ClFN4O5S. The van der Waals surface area contributed by atoms with Gasteiger partial charge >= 0.3 is 0 Å². The van der Waals surface area contributed by atoms with E-state index < -0.39 is 34.4 Å². The fourth-order valence-corrected chi connectivity index (χ4v) is 5.07. The van der Waals surface area contributed by atoms with Crippen LogP contribution in [0.3, 0.4) is 0 Å². The molecule has 2 amide bonds. The number of aromatic nitrogens is 1. The van der Waals surface area contributed by atoms with Gasteiger partial charge in [-0.2, -0.15) is 0 Å². The molecular weight excluding hydrogens is 583 g/mol. The van der Waals surface area contributed by atoms with E-state index in [-0.39, 0.29) is 35.3 Å². The van der Waals surface area contributed by atoms with Crippen LogP contribution in [0.25, 0.3) is 0 Å². The highest BCUT2D eigenvalue weighted by atomic mass is 35.5. The van der Waals surface area contributed by atoms with Crippen LogP contribution in [0.5, 0.6) is 5.75 Å². The highest BCUT2D eigenvalue weighted by Gasteiger charge is 2.26. The van der Waals surface area contributed by atoms with Crippen molar-refractivity contribution in [1.82, 2.24) is 15.2 Å². The molecule has 0 aliphatic heterocycles. The number of carbonyl (C=O) groups is 2. The van der Waals surface area contributed by atoms with Crippen LogP contribution in [0, 0.1) is 5.82 Å². The molecule has 9 nitrogen and oxygen atoms in total. The summed E-state index contributed by atoms with van der Waals surface area (Å²) in [5.74, 6) is -1.04. The Labute approximate surface area is 248 Å². The van der Waals surface area contributed by atoms with E-state index in [0.29, 0.717) is 5.02 Å². The predicted octanol–water partition coefficient (Wildman–Crippen LogP) is 4.79. The van der Waals surface area contributed by atoms with Gasteiger partial charge in [0.1, 0.15) is 17.6 Å². The van der Waals surface area contributed by atoms with Crippen molar-refractivity contribution in [2.24, 2.45) is 0 Å². The Morgan fingerprint density at radius 1 is 0.976 bits per heavy atom. The zero-order valence-corrected chi connectivity index (χ0v) is 24.1. The number of rotatable bonds is 12. The molecule has 1 atom stereocenters. The topological polar surface area (TPSA) is 118 Å². The lowest BCUT2D eigenvalue weighted by atomic mass is 10.1. The maximum Gasteiger partial charge on any atom is 0.261 e. The zero-order chi connectivity index (χ0) is 30.1. The molecule has 1 unspecified atom stereocenters. The van der Waals surface area contributed by atoms with Crippen molar-refractivity contribution in [2.75, 3.05) is 11.3 Å². The lowest BCUT2D eigenvalue weighted by Crippen LogP contribution is -2.48. The van der Waals surface area contributed by atoms with E-state index in [1.54, 1.807) is 49.6 Å². The van der Waals surface area contributed by atoms with Crippen molar-refractivity contribution in [2.45, 2.75) is 31.0 Å². The summed E-state index contributed by atoms with van der Waals surface area (Å²) in [6.07, 6.45) is 3.28. The van der Waals surface area contributed by atoms with Crippen LogP contribution < -0.4 is 14.8 Å². The minimum atomic E-state index is -3.93. The van der Waals surface area contributed by atoms with Crippen LogP contribution in [-0.2, 0) is 32.7 Å². The van der Waals surface area contributed by atoms with Crippen molar-refractivity contribution in [3.63, 3.8) is 0 Å². The van der Waals surface area contributed by atoms with Crippen LogP contribution in [0.1, 0.15) is 18.1 Å². The van der Waals surface area contributed by atoms with Gasteiger partial charge in [-0.25, -0.2) is 12.8 Å². The average molecular weight is 611 g/mol. The van der Waals surface area contributed by atoms with Crippen LogP contribution in [0.2, 0.25) is 5.02 Å². The number of amides is 2. The number of hydrogen-bond acceptors (Lipinski definition) is 6. The molecule has 1 heterocycles. The van der Waals surface area contributed by atoms with Crippen LogP contribution in [0.15, 0.2) is 102 Å². The normalized spacial score (nSPS) is 11.8. The maximum absolute atomic E-state index is 13.3. The number of nitrogens with one attached hydrogen (secondary N) is 2. The number of ether oxygens (including phenoxy) is 1. The third-order valence-corrected chi connectivity index (χ3v) is 7.86. The summed E-state index contributed by atoms with van der Waals surface area (Å²) in [5, 5.41) is 3.37. The first-order valence-electron chi connectivity index (χ1n) is 12.8. The Bertz CT molecular complexity index is 1600. The lowest BCUT2D eigenvalue weighted by molar-refractivity contribution is -0.142. The zero-order valence-electron chi connectivity index (χ0n) is 22.5. The molecule has 0 radical (unpaired) electrons. The van der Waals surface area contributed by atoms with Crippen molar-refractivity contribution in [3.05, 3.63) is 119 Å². The fraction of sp³-hybridized carbons (Fsp3) is 0.167. The highest BCUT2D eigenvalue weighted by molar-refractivity contribution is 7.92. The summed E-state index contributed by atoms with van der Waals surface area (Å²) in [5.41, 5.74) is 1.79. The summed E-state index contributed by atoms with van der Waals surface area (Å²) in [4.78, 5) is 31.7. The number of halogens is 2. The average Bonchev–Trinajstić information content (AvgIpc) is 3.00. The van der Waals surface area contributed by atoms with E-state index in [1.165, 1.54) is 41.3 Å². The van der Waals surface area contributed by atoms with Crippen molar-refractivity contribution in [3.8, 4) is 5.75 Å². The minimum Gasteiger partial charge on any atom is -0.484 e. The molecule has 0 bridgehead atoms. The Hall–Kier alpha value is -4.48. The number of benzene rings is 3. The molecule has 0 aliphatic carbocycles. The fourth-order valence-electron chi connectivity index (χ4n) is 3.88. The van der Waals surface area contributed by atoms with Gasteiger partial charge in [0.05, 0.1) is 4.90 Å². The summed E-state index contributed by atoms with van der Waals surface area (Å²) >= 11 is 6.00. The molecule has 0 saturated heterocycles. The molecule has 0 saturated carbocycles. The van der Waals surface area contributed by atoms with Gasteiger partial charge in [-0.15, -0.1) is 0 Å². The first-order valence-corrected chi connectivity index (χ1v) is 14.7. The van der Waals surface area contributed by atoms with Gasteiger partial charge in [0.2, 0.25) is 5.91 Å². The predicted molar refractivity (Wildman–Crippen MR) is 157 cm³/mol. The molecule has 2 N–H and O–H groups in total. The Morgan fingerprint density at radius 3 is 2.31 bits per heavy atom. The van der Waals surface area contributed by atoms with Crippen molar-refractivity contribution in [1.29, 1.82) is 0 Å². The molecule has 12 heteroatoms. The number of sulfonamides is 1. The van der Waals surface area contributed by atoms with E-state index >= 15 is 0 Å². The quantitative estimate of drug-likeness (QED) is 0.238. The maximum atomic E-state index is 13.3. The monoisotopic (exact) mass is 610 g/mol. The van der Waals surface area contributed by atoms with Crippen LogP contribution in [-0.4, -0.2) is 42.8 Å². The van der Waals surface area contributed by atoms with E-state index in [9.17, 15) is 22.4 Å². The molecule has 0 aliphatic rings. The number of anilines is 1. The van der Waals surface area contributed by atoms with E-state index in [2.05, 4.69) is 15.0 Å². The molecule has 3 aromatic carbocycles. The van der Waals surface area contributed by atoms with Crippen molar-refractivity contribution >= 4 is 39.1 Å². The van der Waals surface area contributed by atoms with Crippen LogP contribution in [0.4, 0.5) is 10.1 Å². The van der Waals surface area contributed by atoms with Gasteiger partial charge in [0.25, 0.3) is 15.9 Å². The van der Waals surface area contributed by atoms with Gasteiger partial charge in [-0.3, -0.25) is 19.3 Å². The second-order valence-corrected chi connectivity index (χ2v) is 11.4. The van der Waals surface area contributed by atoms with Gasteiger partial charge in [0, 0.05) is 36.2 Å². The first-order chi connectivity index (χ1) is 20.1. The number of pyridine rings is 1. The highest BCUT2D eigenvalue weighted by Crippen LogP contribution is 2.20. The SMILES string of the molecule is CC(C(=O)NCc1cccnc1)N(Cc1ccc(Cl)cc1)C(=O)COc1ccc(S(=O)(=O)Nc2ccc(F)cc2)cc1. The number of carbonyl (C=O) groups excluding carboxylic acids is 2. The Balaban J connectivity index is 1.41. The third-order valence-electron chi connectivity index (χ3n) is 6.22. The molecule has 0 fully saturated rings. The summed E-state index contributed by atoms with van der Waals surface area (Å²) in [6.45, 7) is 1.61. The van der Waals surface area contributed by atoms with Crippen LogP contribution >= 0.6 is 11.6 Å². The molecule has 42 heavy (non-hydrogen) atoms. The Morgan fingerprint density at radius 2 is 1.67 bits per heavy atom. The second-order valence-electron chi connectivity index (χ2n) is 9.28. The van der Waals surface area contributed by atoms with Gasteiger partial charge in [0.15, 0.2) is 6.61 Å². The van der Waals surface area contributed by atoms with Gasteiger partial charge in [-0.05, 0) is 84.8 Å². The first kappa shape index (κ1) is 30.5. The summed E-state index contributed by atoms with van der Waals surface area (Å²) in [6, 6.07) is 20.1. The third kappa shape index (κ3) is 8.51. The number of hydrogen-bond donors (Lipinski definition) is 2. The van der Waals surface area contributed by atoms with E-state index in [4.69, 9.17) is 16.3 Å². The molecule has 1 aromatic heterocycles. The van der Waals surface area contributed by atoms with E-state index in [1.807, 2.05) is 6.07 Å². The van der Waals surface area contributed by atoms with E-state index in [0.717, 1.165) is 23.3 Å². The Kier molecular flexibility index (Phi) is 10.1. The minimum absolute atomic E-state index is 0.0474. The van der Waals surface area contributed by atoms with Gasteiger partial charge in [-0.1, -0.05) is 29.8 Å². The standard InChI is InChI=1S/C30H28ClFN4O5S/c1-21(30(38)34-18-23-3-2-16-33-17-23)36(19-22-4-6-24(31)7-5-22)29(37)20-41-27-12-14-28(15-13-27)42(39,40)35-26-10-8-25(32)9-11-26/h2-17,21,35H,18-20H2,1H3,(H,34,38). The van der Waals surface area contributed by atoms with Gasteiger partial charge < -0.3 is 15.0 Å². The molecule has 0 spiro atoms. The number of nitrogens with zero attached hydrogens (tertiary/aromatic N) is 2. The largest absolute Gasteiger partial charge is 0.484 e.